The highest BCUT2D eigenvalue weighted by atomic mass is 35.5. The fraction of sp³-hybridized carbons (Fsp3) is 0.500. The zero-order valence-electron chi connectivity index (χ0n) is 14.6. The van der Waals surface area contributed by atoms with Gasteiger partial charge in [0.15, 0.2) is 6.10 Å². The lowest BCUT2D eigenvalue weighted by Crippen LogP contribution is -2.35. The number of carbonyl (C=O) groups excluding carboxylic acids is 3. The van der Waals surface area contributed by atoms with Crippen molar-refractivity contribution < 1.29 is 23.9 Å². The molecule has 1 heterocycles. The van der Waals surface area contributed by atoms with Crippen LogP contribution in [0.4, 0.5) is 10.6 Å². The van der Waals surface area contributed by atoms with Crippen molar-refractivity contribution in [2.75, 3.05) is 11.9 Å². The fourth-order valence-electron chi connectivity index (χ4n) is 1.57. The van der Waals surface area contributed by atoms with Crippen LogP contribution < -0.4 is 10.6 Å². The number of ether oxygens (including phenoxy) is 2. The second-order valence-corrected chi connectivity index (χ2v) is 6.60. The van der Waals surface area contributed by atoms with Crippen molar-refractivity contribution in [1.29, 1.82) is 0 Å². The zero-order chi connectivity index (χ0) is 19.0. The molecular formula is C16H22ClN3O5. The first kappa shape index (κ1) is 20.7. The Morgan fingerprint density at radius 2 is 1.96 bits per heavy atom. The Balaban J connectivity index is 2.32. The maximum Gasteiger partial charge on any atom is 0.407 e. The van der Waals surface area contributed by atoms with Gasteiger partial charge in [-0.3, -0.25) is 9.59 Å². The Hall–Kier alpha value is -2.35. The third kappa shape index (κ3) is 8.90. The van der Waals surface area contributed by atoms with Gasteiger partial charge in [0.05, 0.1) is 11.4 Å². The first-order chi connectivity index (χ1) is 11.6. The van der Waals surface area contributed by atoms with Gasteiger partial charge >= 0.3 is 12.1 Å². The second kappa shape index (κ2) is 9.22. The predicted octanol–water partition coefficient (Wildman–Crippen LogP) is 2.52. The summed E-state index contributed by atoms with van der Waals surface area (Å²) in [4.78, 5) is 39.0. The molecule has 0 aliphatic carbocycles. The minimum absolute atomic E-state index is 0.0425. The maximum absolute atomic E-state index is 11.9. The molecule has 1 atom stereocenters. The minimum Gasteiger partial charge on any atom is -0.452 e. The van der Waals surface area contributed by atoms with Crippen LogP contribution in [-0.2, 0) is 19.1 Å². The number of rotatable bonds is 6. The Morgan fingerprint density at radius 1 is 1.28 bits per heavy atom. The van der Waals surface area contributed by atoms with E-state index >= 15 is 0 Å². The third-order valence-electron chi connectivity index (χ3n) is 2.65. The summed E-state index contributed by atoms with van der Waals surface area (Å²) in [6.07, 6.45) is -0.335. The van der Waals surface area contributed by atoms with Gasteiger partial charge in [-0.05, 0) is 39.8 Å². The lowest BCUT2D eigenvalue weighted by Gasteiger charge is -2.19. The van der Waals surface area contributed by atoms with Crippen molar-refractivity contribution in [3.8, 4) is 0 Å². The van der Waals surface area contributed by atoms with E-state index < -0.39 is 29.7 Å². The van der Waals surface area contributed by atoms with Crippen molar-refractivity contribution in [1.82, 2.24) is 10.3 Å². The lowest BCUT2D eigenvalue weighted by molar-refractivity contribution is -0.153. The number of nitrogens with one attached hydrogen (secondary N) is 2. The Bertz CT molecular complexity index is 613. The number of hydrogen-bond acceptors (Lipinski definition) is 6. The van der Waals surface area contributed by atoms with Gasteiger partial charge < -0.3 is 20.1 Å². The molecule has 25 heavy (non-hydrogen) atoms. The summed E-state index contributed by atoms with van der Waals surface area (Å²) in [5.74, 6) is -0.852. The van der Waals surface area contributed by atoms with Crippen LogP contribution in [0.15, 0.2) is 18.3 Å². The lowest BCUT2D eigenvalue weighted by atomic mass is 10.2. The van der Waals surface area contributed by atoms with Gasteiger partial charge in [0, 0.05) is 12.7 Å². The molecule has 0 radical (unpaired) electrons. The van der Waals surface area contributed by atoms with Crippen LogP contribution in [0.25, 0.3) is 0 Å². The molecular weight excluding hydrogens is 350 g/mol. The summed E-state index contributed by atoms with van der Waals surface area (Å²) in [6, 6.07) is 3.10. The van der Waals surface area contributed by atoms with Crippen LogP contribution in [0.3, 0.4) is 0 Å². The summed E-state index contributed by atoms with van der Waals surface area (Å²) in [7, 11) is 0. The van der Waals surface area contributed by atoms with Crippen molar-refractivity contribution >= 4 is 35.4 Å². The first-order valence-corrected chi connectivity index (χ1v) is 8.03. The number of esters is 1. The van der Waals surface area contributed by atoms with E-state index in [9.17, 15) is 14.4 Å². The molecule has 0 aromatic carbocycles. The zero-order valence-corrected chi connectivity index (χ0v) is 15.3. The standard InChI is InChI=1S/C16H22ClN3O5/c1-10(14(22)20-12-6-5-11(17)9-19-12)24-13(21)7-8-18-15(23)25-16(2,3)4/h5-6,9-10H,7-8H2,1-4H3,(H,18,23)(H,19,20,22)/t10-/m0/s1. The van der Waals surface area contributed by atoms with E-state index in [1.165, 1.54) is 19.2 Å². The highest BCUT2D eigenvalue weighted by molar-refractivity contribution is 6.30. The Kier molecular flexibility index (Phi) is 7.63. The van der Waals surface area contributed by atoms with Gasteiger partial charge in [-0.1, -0.05) is 11.6 Å². The van der Waals surface area contributed by atoms with Crippen LogP contribution in [-0.4, -0.2) is 41.2 Å². The van der Waals surface area contributed by atoms with Gasteiger partial charge in [-0.2, -0.15) is 0 Å². The molecule has 0 aliphatic heterocycles. The summed E-state index contributed by atoms with van der Waals surface area (Å²) in [5, 5.41) is 5.37. The van der Waals surface area contributed by atoms with E-state index in [-0.39, 0.29) is 13.0 Å². The largest absolute Gasteiger partial charge is 0.452 e. The number of aromatic nitrogens is 1. The van der Waals surface area contributed by atoms with Crippen molar-refractivity contribution in [3.63, 3.8) is 0 Å². The number of alkyl carbamates (subject to hydrolysis) is 1. The molecule has 0 spiro atoms. The quantitative estimate of drug-likeness (QED) is 0.744. The van der Waals surface area contributed by atoms with Gasteiger partial charge in [0.2, 0.25) is 0 Å². The van der Waals surface area contributed by atoms with Crippen LogP contribution >= 0.6 is 11.6 Å². The van der Waals surface area contributed by atoms with Gasteiger partial charge in [0.25, 0.3) is 5.91 Å². The van der Waals surface area contributed by atoms with E-state index in [1.54, 1.807) is 26.8 Å². The van der Waals surface area contributed by atoms with E-state index in [4.69, 9.17) is 21.1 Å². The number of hydrogen-bond donors (Lipinski definition) is 2. The molecule has 8 nitrogen and oxygen atoms in total. The minimum atomic E-state index is -1.01. The van der Waals surface area contributed by atoms with Gasteiger partial charge in [0.1, 0.15) is 11.4 Å². The molecule has 0 bridgehead atoms. The average molecular weight is 372 g/mol. The summed E-state index contributed by atoms with van der Waals surface area (Å²) < 4.78 is 10.0. The highest BCUT2D eigenvalue weighted by Gasteiger charge is 2.19. The second-order valence-electron chi connectivity index (χ2n) is 6.16. The Labute approximate surface area is 151 Å². The van der Waals surface area contributed by atoms with Crippen molar-refractivity contribution in [2.45, 2.75) is 45.8 Å². The summed E-state index contributed by atoms with van der Waals surface area (Å²) >= 11 is 5.70. The normalized spacial score (nSPS) is 12.0. The predicted molar refractivity (Wildman–Crippen MR) is 92.3 cm³/mol. The number of pyridine rings is 1. The molecule has 0 aliphatic rings. The molecule has 0 unspecified atom stereocenters. The molecule has 0 fully saturated rings. The summed E-state index contributed by atoms with van der Waals surface area (Å²) in [6.45, 7) is 6.68. The van der Waals surface area contributed by atoms with Gasteiger partial charge in [-0.15, -0.1) is 0 Å². The van der Waals surface area contributed by atoms with Crippen LogP contribution in [0.2, 0.25) is 5.02 Å². The number of anilines is 1. The van der Waals surface area contributed by atoms with Gasteiger partial charge in [-0.25, -0.2) is 9.78 Å². The van der Waals surface area contributed by atoms with E-state index in [0.717, 1.165) is 0 Å². The molecule has 0 saturated heterocycles. The number of amides is 2. The molecule has 9 heteroatoms. The highest BCUT2D eigenvalue weighted by Crippen LogP contribution is 2.10. The number of halogens is 1. The molecule has 1 rings (SSSR count). The topological polar surface area (TPSA) is 107 Å². The Morgan fingerprint density at radius 3 is 2.52 bits per heavy atom. The average Bonchev–Trinajstić information content (AvgIpc) is 2.47. The van der Waals surface area contributed by atoms with Crippen LogP contribution in [0.5, 0.6) is 0 Å². The SMILES string of the molecule is C[C@H](OC(=O)CCNC(=O)OC(C)(C)C)C(=O)Nc1ccc(Cl)cn1. The molecule has 138 valence electrons. The molecule has 2 N–H and O–H groups in total. The van der Waals surface area contributed by atoms with E-state index in [2.05, 4.69) is 15.6 Å². The van der Waals surface area contributed by atoms with Crippen molar-refractivity contribution in [3.05, 3.63) is 23.4 Å². The smallest absolute Gasteiger partial charge is 0.407 e. The molecule has 1 aromatic rings. The van der Waals surface area contributed by atoms with E-state index in [1.807, 2.05) is 0 Å². The van der Waals surface area contributed by atoms with E-state index in [0.29, 0.717) is 10.8 Å². The third-order valence-corrected chi connectivity index (χ3v) is 2.88. The number of carbonyl (C=O) groups is 3. The first-order valence-electron chi connectivity index (χ1n) is 7.65. The fourth-order valence-corrected chi connectivity index (χ4v) is 1.68. The van der Waals surface area contributed by atoms with Crippen LogP contribution in [0, 0.1) is 0 Å². The monoisotopic (exact) mass is 371 g/mol. The molecule has 0 saturated carbocycles. The molecule has 2 amide bonds. The van der Waals surface area contributed by atoms with Crippen LogP contribution in [0.1, 0.15) is 34.1 Å². The number of nitrogens with zero attached hydrogens (tertiary/aromatic N) is 1. The summed E-state index contributed by atoms with van der Waals surface area (Å²) in [5.41, 5.74) is -0.618. The maximum atomic E-state index is 11.9. The molecule has 1 aromatic heterocycles. The van der Waals surface area contributed by atoms with Crippen molar-refractivity contribution in [2.24, 2.45) is 0 Å².